The van der Waals surface area contributed by atoms with Crippen molar-refractivity contribution in [1.82, 2.24) is 9.88 Å². The number of rotatable bonds is 7. The number of aliphatic imine (C=N–C) groups is 1. The average Bonchev–Trinajstić information content (AvgIpc) is 2.66. The van der Waals surface area contributed by atoms with E-state index in [1.807, 2.05) is 39.0 Å². The number of carbonyl (C=O) groups is 1. The molecule has 8 nitrogen and oxygen atoms in total. The van der Waals surface area contributed by atoms with Crippen LogP contribution in [0.3, 0.4) is 0 Å². The Hall–Kier alpha value is -3.28. The summed E-state index contributed by atoms with van der Waals surface area (Å²) in [6.45, 7) is 4.47. The molecule has 152 valence electrons. The molecule has 0 aliphatic heterocycles. The molecular weight excluding hydrogens is 366 g/mol. The third-order valence-corrected chi connectivity index (χ3v) is 4.86. The molecule has 0 saturated carbocycles. The summed E-state index contributed by atoms with van der Waals surface area (Å²) in [5, 5.41) is 12.5. The number of nitriles is 1. The van der Waals surface area contributed by atoms with Gasteiger partial charge in [-0.15, -0.1) is 0 Å². The highest BCUT2D eigenvalue weighted by molar-refractivity contribution is 6.06. The number of aromatic nitrogens is 1. The third-order valence-electron chi connectivity index (χ3n) is 4.86. The minimum atomic E-state index is -1.34. The minimum absolute atomic E-state index is 0.202. The number of amidine groups is 1. The molecule has 8 heteroatoms. The van der Waals surface area contributed by atoms with Gasteiger partial charge >= 0.3 is 0 Å². The zero-order chi connectivity index (χ0) is 21.7. The first-order chi connectivity index (χ1) is 13.6. The molecule has 0 spiro atoms. The van der Waals surface area contributed by atoms with Gasteiger partial charge in [0.25, 0.3) is 0 Å². The van der Waals surface area contributed by atoms with Crippen LogP contribution in [0, 0.1) is 16.9 Å². The number of hydrogen-bond acceptors (Lipinski definition) is 6. The number of anilines is 1. The Kier molecular flexibility index (Phi) is 6.69. The number of benzene rings is 1. The van der Waals surface area contributed by atoms with E-state index < -0.39 is 16.9 Å². The molecule has 0 aliphatic rings. The average molecular weight is 393 g/mol. The van der Waals surface area contributed by atoms with Crippen LogP contribution >= 0.6 is 0 Å². The van der Waals surface area contributed by atoms with Gasteiger partial charge in [-0.1, -0.05) is 32.0 Å². The third kappa shape index (κ3) is 4.59. The van der Waals surface area contributed by atoms with Crippen LogP contribution < -0.4 is 16.8 Å². The van der Waals surface area contributed by atoms with Crippen molar-refractivity contribution in [3.63, 3.8) is 0 Å². The van der Waals surface area contributed by atoms with Crippen molar-refractivity contribution >= 4 is 17.4 Å². The topological polar surface area (TPSA) is 133 Å². The van der Waals surface area contributed by atoms with E-state index in [1.165, 1.54) is 0 Å². The molecule has 1 aromatic heterocycles. The smallest absolute Gasteiger partial charge is 0.249 e. The molecular formula is C21H27N7O. The molecule has 1 unspecified atom stereocenters. The lowest BCUT2D eigenvalue weighted by Gasteiger charge is -2.46. The van der Waals surface area contributed by atoms with Crippen LogP contribution in [0.15, 0.2) is 53.8 Å². The summed E-state index contributed by atoms with van der Waals surface area (Å²) >= 11 is 0. The lowest BCUT2D eigenvalue weighted by Crippen LogP contribution is -2.61. The molecule has 1 amide bonds. The van der Waals surface area contributed by atoms with Gasteiger partial charge in [0.2, 0.25) is 12.1 Å². The van der Waals surface area contributed by atoms with Crippen LogP contribution in [0.5, 0.6) is 0 Å². The predicted octanol–water partition coefficient (Wildman–Crippen LogP) is 1.91. The number of nitrogens with one attached hydrogen (secondary N) is 1. The van der Waals surface area contributed by atoms with Crippen molar-refractivity contribution in [1.29, 1.82) is 5.26 Å². The van der Waals surface area contributed by atoms with Crippen LogP contribution in [-0.2, 0) is 5.54 Å². The van der Waals surface area contributed by atoms with Gasteiger partial charge in [0.15, 0.2) is 0 Å². The lowest BCUT2D eigenvalue weighted by molar-refractivity contribution is 0.0994. The summed E-state index contributed by atoms with van der Waals surface area (Å²) in [5.74, 6) is -0.401. The largest absolute Gasteiger partial charge is 0.366 e. The second-order valence-corrected chi connectivity index (χ2v) is 7.77. The fraction of sp³-hybridized carbons (Fsp3) is 0.333. The maximum absolute atomic E-state index is 12.2. The van der Waals surface area contributed by atoms with Crippen molar-refractivity contribution in [3.05, 3.63) is 59.9 Å². The number of carbonyl (C=O) groups excluding carboxylic acids is 1. The van der Waals surface area contributed by atoms with Gasteiger partial charge in [-0.25, -0.2) is 0 Å². The summed E-state index contributed by atoms with van der Waals surface area (Å²) in [6.07, 6.45) is 5.08. The van der Waals surface area contributed by atoms with Crippen LogP contribution in [-0.4, -0.2) is 42.3 Å². The van der Waals surface area contributed by atoms with E-state index in [-0.39, 0.29) is 11.4 Å². The zero-order valence-corrected chi connectivity index (χ0v) is 17.2. The standard InChI is InChI=1S/C21H27N7O/c1-20(2,13-28(3)4)21(24,17-10-6-5-9-16(17)18(23)29)19(26-14-22)27-15-8-7-11-25-12-15/h5-12H,13,24H2,1-4H3,(H2,23,29)(H,26,27). The van der Waals surface area contributed by atoms with Gasteiger partial charge in [-0.05, 0) is 37.9 Å². The summed E-state index contributed by atoms with van der Waals surface area (Å²) < 4.78 is 0. The van der Waals surface area contributed by atoms with Gasteiger partial charge in [0, 0.05) is 23.7 Å². The number of amides is 1. The fourth-order valence-electron chi connectivity index (χ4n) is 3.61. The van der Waals surface area contributed by atoms with Crippen molar-refractivity contribution in [2.24, 2.45) is 21.9 Å². The Morgan fingerprint density at radius 3 is 2.52 bits per heavy atom. The summed E-state index contributed by atoms with van der Waals surface area (Å²) in [5.41, 5.74) is 12.1. The maximum Gasteiger partial charge on any atom is 0.249 e. The maximum atomic E-state index is 12.2. The molecule has 0 bridgehead atoms. The second-order valence-electron chi connectivity index (χ2n) is 7.77. The highest BCUT2D eigenvalue weighted by atomic mass is 16.1. The Morgan fingerprint density at radius 1 is 1.28 bits per heavy atom. The molecule has 29 heavy (non-hydrogen) atoms. The first-order valence-corrected chi connectivity index (χ1v) is 9.10. The van der Waals surface area contributed by atoms with E-state index in [2.05, 4.69) is 15.3 Å². The molecule has 0 aliphatic carbocycles. The zero-order valence-electron chi connectivity index (χ0n) is 17.2. The number of nitrogens with zero attached hydrogens (tertiary/aromatic N) is 4. The second kappa shape index (κ2) is 8.82. The van der Waals surface area contributed by atoms with Crippen LogP contribution in [0.25, 0.3) is 0 Å². The van der Waals surface area contributed by atoms with Crippen molar-refractivity contribution in [2.75, 3.05) is 26.0 Å². The van der Waals surface area contributed by atoms with Crippen molar-refractivity contribution < 1.29 is 4.79 Å². The molecule has 0 saturated heterocycles. The summed E-state index contributed by atoms with van der Waals surface area (Å²) in [7, 11) is 3.86. The quantitative estimate of drug-likeness (QED) is 0.374. The number of hydrogen-bond donors (Lipinski definition) is 3. The van der Waals surface area contributed by atoms with Gasteiger partial charge in [0.1, 0.15) is 11.4 Å². The van der Waals surface area contributed by atoms with Gasteiger partial charge in [-0.3, -0.25) is 9.78 Å². The van der Waals surface area contributed by atoms with E-state index in [4.69, 9.17) is 11.5 Å². The Morgan fingerprint density at radius 2 is 1.97 bits per heavy atom. The predicted molar refractivity (Wildman–Crippen MR) is 114 cm³/mol. The minimum Gasteiger partial charge on any atom is -0.366 e. The van der Waals surface area contributed by atoms with Crippen LogP contribution in [0.1, 0.15) is 29.8 Å². The van der Waals surface area contributed by atoms with Crippen molar-refractivity contribution in [2.45, 2.75) is 19.4 Å². The van der Waals surface area contributed by atoms with E-state index in [1.54, 1.807) is 48.8 Å². The van der Waals surface area contributed by atoms with E-state index in [9.17, 15) is 10.1 Å². The van der Waals surface area contributed by atoms with E-state index in [0.717, 1.165) is 0 Å². The molecule has 0 fully saturated rings. The van der Waals surface area contributed by atoms with Crippen molar-refractivity contribution in [3.8, 4) is 6.19 Å². The summed E-state index contributed by atoms with van der Waals surface area (Å²) in [4.78, 5) is 22.3. The highest BCUT2D eigenvalue weighted by Crippen LogP contribution is 2.41. The van der Waals surface area contributed by atoms with Crippen LogP contribution in [0.4, 0.5) is 5.69 Å². The van der Waals surface area contributed by atoms with Gasteiger partial charge in [-0.2, -0.15) is 10.3 Å². The Balaban J connectivity index is 2.77. The van der Waals surface area contributed by atoms with Crippen LogP contribution in [0.2, 0.25) is 0 Å². The molecule has 5 N–H and O–H groups in total. The molecule has 2 aromatic rings. The molecule has 1 heterocycles. The molecule has 0 radical (unpaired) electrons. The van der Waals surface area contributed by atoms with E-state index in [0.29, 0.717) is 17.8 Å². The number of nitrogens with two attached hydrogens (primary N) is 2. The lowest BCUT2D eigenvalue weighted by atomic mass is 9.66. The SMILES string of the molecule is CN(C)CC(C)(C)C(N)(C(=NC#N)Nc1cccnc1)c1ccccc1C(N)=O. The molecule has 2 rings (SSSR count). The summed E-state index contributed by atoms with van der Waals surface area (Å²) in [6, 6.07) is 10.4. The first-order valence-electron chi connectivity index (χ1n) is 9.10. The normalized spacial score (nSPS) is 14.2. The van der Waals surface area contributed by atoms with Gasteiger partial charge in [0.05, 0.1) is 11.9 Å². The Labute approximate surface area is 171 Å². The molecule has 1 aromatic carbocycles. The monoisotopic (exact) mass is 393 g/mol. The van der Waals surface area contributed by atoms with Gasteiger partial charge < -0.3 is 21.7 Å². The highest BCUT2D eigenvalue weighted by Gasteiger charge is 2.49. The molecule has 1 atom stereocenters. The first kappa shape index (κ1) is 22.0. The Bertz CT molecular complexity index is 932. The number of primary amides is 1. The van der Waals surface area contributed by atoms with E-state index >= 15 is 0 Å². The fourth-order valence-corrected chi connectivity index (χ4v) is 3.61. The number of pyridine rings is 1.